The molecule has 1 atom stereocenters. The van der Waals surface area contributed by atoms with Crippen LogP contribution in [0.25, 0.3) is 0 Å². The van der Waals surface area contributed by atoms with E-state index in [1.54, 1.807) is 0 Å². The molecule has 2 aliphatic heterocycles. The minimum atomic E-state index is -0.242. The van der Waals surface area contributed by atoms with E-state index in [2.05, 4.69) is 49.5 Å². The first-order valence-corrected chi connectivity index (χ1v) is 7.50. The second-order valence-electron chi connectivity index (χ2n) is 6.83. The summed E-state index contributed by atoms with van der Waals surface area (Å²) in [7, 11) is 2.18. The van der Waals surface area contributed by atoms with Crippen molar-refractivity contribution in [2.24, 2.45) is 0 Å². The summed E-state index contributed by atoms with van der Waals surface area (Å²) < 4.78 is 6.17. The smallest absolute Gasteiger partial charge is 0.126 e. The van der Waals surface area contributed by atoms with E-state index in [0.717, 1.165) is 45.6 Å². The zero-order valence-corrected chi connectivity index (χ0v) is 13.0. The molecule has 0 radical (unpaired) electrons. The molecule has 0 amide bonds. The van der Waals surface area contributed by atoms with Gasteiger partial charge in [-0.15, -0.1) is 0 Å². The van der Waals surface area contributed by atoms with Gasteiger partial charge in [-0.3, -0.25) is 4.90 Å². The fourth-order valence-electron chi connectivity index (χ4n) is 3.00. The second kappa shape index (κ2) is 5.83. The molecule has 0 aliphatic carbocycles. The SMILES string of the molecule is CN1CCN(CC#CC2(C)CCCC(C)(C)O2)CC1. The number of likely N-dealkylation sites (N-methyl/N-ethyl adjacent to an activating group) is 1. The lowest BCUT2D eigenvalue weighted by molar-refractivity contribution is -0.135. The first-order chi connectivity index (χ1) is 8.89. The van der Waals surface area contributed by atoms with Crippen LogP contribution < -0.4 is 0 Å². The average molecular weight is 264 g/mol. The first-order valence-electron chi connectivity index (χ1n) is 7.50. The molecule has 1 unspecified atom stereocenters. The number of piperazine rings is 1. The normalized spacial score (nSPS) is 32.6. The molecule has 2 saturated heterocycles. The van der Waals surface area contributed by atoms with Crippen LogP contribution in [0.1, 0.15) is 40.0 Å². The Hall–Kier alpha value is -0.560. The molecule has 2 rings (SSSR count). The van der Waals surface area contributed by atoms with Gasteiger partial charge in [0.05, 0.1) is 12.1 Å². The number of nitrogens with zero attached hydrogens (tertiary/aromatic N) is 2. The van der Waals surface area contributed by atoms with Crippen molar-refractivity contribution in [2.75, 3.05) is 39.8 Å². The van der Waals surface area contributed by atoms with Gasteiger partial charge < -0.3 is 9.64 Å². The topological polar surface area (TPSA) is 15.7 Å². The highest BCUT2D eigenvalue weighted by Gasteiger charge is 2.35. The molecule has 2 aliphatic rings. The van der Waals surface area contributed by atoms with Gasteiger partial charge in [-0.05, 0) is 47.1 Å². The second-order valence-corrected chi connectivity index (χ2v) is 6.83. The summed E-state index contributed by atoms with van der Waals surface area (Å²) in [5.41, 5.74) is -0.260. The number of hydrogen-bond donors (Lipinski definition) is 0. The molecule has 0 aromatic rings. The molecule has 0 bridgehead atoms. The summed E-state index contributed by atoms with van der Waals surface area (Å²) in [5.74, 6) is 6.73. The van der Waals surface area contributed by atoms with E-state index < -0.39 is 0 Å². The lowest BCUT2D eigenvalue weighted by Crippen LogP contribution is -2.45. The van der Waals surface area contributed by atoms with Gasteiger partial charge in [-0.1, -0.05) is 11.8 Å². The van der Waals surface area contributed by atoms with Crippen LogP contribution in [0, 0.1) is 11.8 Å². The van der Waals surface area contributed by atoms with Gasteiger partial charge in [0.25, 0.3) is 0 Å². The molecular formula is C16H28N2O. The molecule has 3 heteroatoms. The third-order valence-corrected chi connectivity index (χ3v) is 4.19. The van der Waals surface area contributed by atoms with Crippen LogP contribution in [0.15, 0.2) is 0 Å². The zero-order chi connectivity index (χ0) is 13.9. The van der Waals surface area contributed by atoms with Crippen LogP contribution >= 0.6 is 0 Å². The Kier molecular flexibility index (Phi) is 4.55. The van der Waals surface area contributed by atoms with Gasteiger partial charge in [0.15, 0.2) is 0 Å². The molecule has 0 aromatic carbocycles. The highest BCUT2D eigenvalue weighted by molar-refractivity contribution is 5.15. The van der Waals surface area contributed by atoms with Crippen molar-refractivity contribution in [3.05, 3.63) is 0 Å². The Morgan fingerprint density at radius 2 is 1.74 bits per heavy atom. The van der Waals surface area contributed by atoms with Crippen LogP contribution in [0.3, 0.4) is 0 Å². The van der Waals surface area contributed by atoms with E-state index in [0.29, 0.717) is 0 Å². The van der Waals surface area contributed by atoms with Crippen LogP contribution in [0.2, 0.25) is 0 Å². The van der Waals surface area contributed by atoms with Gasteiger partial charge in [0.2, 0.25) is 0 Å². The van der Waals surface area contributed by atoms with Crippen LogP contribution in [-0.4, -0.2) is 60.8 Å². The minimum Gasteiger partial charge on any atom is -0.357 e. The average Bonchev–Trinajstić information content (AvgIpc) is 2.30. The van der Waals surface area contributed by atoms with E-state index in [-0.39, 0.29) is 11.2 Å². The Bertz CT molecular complexity index is 361. The monoisotopic (exact) mass is 264 g/mol. The fourth-order valence-corrected chi connectivity index (χ4v) is 3.00. The zero-order valence-electron chi connectivity index (χ0n) is 13.0. The Balaban J connectivity index is 1.85. The van der Waals surface area contributed by atoms with E-state index in [9.17, 15) is 0 Å². The molecule has 19 heavy (non-hydrogen) atoms. The minimum absolute atomic E-state index is 0.0183. The van der Waals surface area contributed by atoms with Gasteiger partial charge in [-0.2, -0.15) is 0 Å². The highest BCUT2D eigenvalue weighted by atomic mass is 16.5. The molecule has 2 fully saturated rings. The third-order valence-electron chi connectivity index (χ3n) is 4.19. The summed E-state index contributed by atoms with van der Waals surface area (Å²) in [6.45, 7) is 11.9. The largest absolute Gasteiger partial charge is 0.357 e. The van der Waals surface area contributed by atoms with E-state index in [1.165, 1.54) is 6.42 Å². The van der Waals surface area contributed by atoms with Gasteiger partial charge in [0, 0.05) is 26.2 Å². The van der Waals surface area contributed by atoms with E-state index in [4.69, 9.17) is 4.74 Å². The number of rotatable bonds is 1. The Labute approximate surface area is 118 Å². The molecule has 0 N–H and O–H groups in total. The maximum Gasteiger partial charge on any atom is 0.126 e. The van der Waals surface area contributed by atoms with Crippen molar-refractivity contribution < 1.29 is 4.74 Å². The lowest BCUT2D eigenvalue weighted by atomic mass is 9.88. The van der Waals surface area contributed by atoms with Gasteiger partial charge >= 0.3 is 0 Å². The quantitative estimate of drug-likeness (QED) is 0.674. The van der Waals surface area contributed by atoms with Crippen molar-refractivity contribution in [2.45, 2.75) is 51.2 Å². The predicted octanol–water partition coefficient (Wildman–Crippen LogP) is 1.97. The summed E-state index contributed by atoms with van der Waals surface area (Å²) in [6.07, 6.45) is 3.42. The molecule has 3 nitrogen and oxygen atoms in total. The first kappa shape index (κ1) is 14.8. The van der Waals surface area contributed by atoms with Crippen molar-refractivity contribution in [3.63, 3.8) is 0 Å². The summed E-state index contributed by atoms with van der Waals surface area (Å²) >= 11 is 0. The van der Waals surface area contributed by atoms with E-state index in [1.807, 2.05) is 0 Å². The summed E-state index contributed by atoms with van der Waals surface area (Å²) in [5, 5.41) is 0. The summed E-state index contributed by atoms with van der Waals surface area (Å²) in [4.78, 5) is 4.81. The van der Waals surface area contributed by atoms with Crippen LogP contribution in [0.5, 0.6) is 0 Å². The van der Waals surface area contributed by atoms with Crippen molar-refractivity contribution >= 4 is 0 Å². The highest BCUT2D eigenvalue weighted by Crippen LogP contribution is 2.34. The van der Waals surface area contributed by atoms with Crippen LogP contribution in [-0.2, 0) is 4.74 Å². The third kappa shape index (κ3) is 4.49. The standard InChI is InChI=1S/C16H28N2O/c1-15(2)7-5-8-16(3,19-15)9-6-10-18-13-11-17(4)12-14-18/h5,7-8,10-14H2,1-4H3. The van der Waals surface area contributed by atoms with Crippen molar-refractivity contribution in [3.8, 4) is 11.8 Å². The van der Waals surface area contributed by atoms with E-state index >= 15 is 0 Å². The molecule has 108 valence electrons. The van der Waals surface area contributed by atoms with Crippen molar-refractivity contribution in [1.29, 1.82) is 0 Å². The predicted molar refractivity (Wildman–Crippen MR) is 79.1 cm³/mol. The molecule has 0 spiro atoms. The van der Waals surface area contributed by atoms with Gasteiger partial charge in [-0.25, -0.2) is 0 Å². The summed E-state index contributed by atoms with van der Waals surface area (Å²) in [6, 6.07) is 0. The Morgan fingerprint density at radius 1 is 1.05 bits per heavy atom. The molecule has 0 aromatic heterocycles. The molecule has 0 saturated carbocycles. The molecule has 2 heterocycles. The van der Waals surface area contributed by atoms with Crippen LogP contribution in [0.4, 0.5) is 0 Å². The lowest BCUT2D eigenvalue weighted by Gasteiger charge is -2.40. The fraction of sp³-hybridized carbons (Fsp3) is 0.875. The Morgan fingerprint density at radius 3 is 2.37 bits per heavy atom. The maximum atomic E-state index is 6.17. The van der Waals surface area contributed by atoms with Gasteiger partial charge in [0.1, 0.15) is 5.60 Å². The number of ether oxygens (including phenoxy) is 1. The van der Waals surface area contributed by atoms with Crippen molar-refractivity contribution in [1.82, 2.24) is 9.80 Å². The maximum absolute atomic E-state index is 6.17. The number of hydrogen-bond acceptors (Lipinski definition) is 3. The molecular weight excluding hydrogens is 236 g/mol.